The fraction of sp³-hybridized carbons (Fsp3) is 0.360. The first-order chi connectivity index (χ1) is 16.3. The summed E-state index contributed by atoms with van der Waals surface area (Å²) in [6, 6.07) is 4.87. The number of nitrogens with zero attached hydrogens (tertiary/aromatic N) is 3. The molecule has 7 nitrogen and oxygen atoms in total. The van der Waals surface area contributed by atoms with Crippen molar-refractivity contribution in [2.24, 2.45) is 0 Å². The van der Waals surface area contributed by atoms with Gasteiger partial charge in [-0.1, -0.05) is 18.5 Å². The molecular weight excluding hydrogens is 459 g/mol. The van der Waals surface area contributed by atoms with E-state index in [1.54, 1.807) is 18.5 Å². The van der Waals surface area contributed by atoms with Gasteiger partial charge in [-0.2, -0.15) is 5.10 Å². The summed E-state index contributed by atoms with van der Waals surface area (Å²) in [7, 11) is 1.54. The van der Waals surface area contributed by atoms with E-state index in [0.717, 1.165) is 27.8 Å². The smallest absolute Gasteiger partial charge is 0.142 e. The highest BCUT2D eigenvalue weighted by molar-refractivity contribution is 6.31. The number of rotatable bonds is 5. The standard InChI is InChI=1S/C25H26ClFN4O3/c1-12(23-22(34-3)5-4-19(27)24(23)26)17-10-29-25-16(17)6-14(9-28-25)18-11-30-31(13(18)2)15-7-20(32)21(33)8-15/h4-6,9-12,15,20-21,32-33H,7-8H2,1-3H3,(H,28,29). The van der Waals surface area contributed by atoms with E-state index in [1.807, 2.05) is 30.8 Å². The van der Waals surface area contributed by atoms with Crippen LogP contribution in [-0.4, -0.2) is 49.3 Å². The number of methoxy groups -OCH3 is 1. The Morgan fingerprint density at radius 1 is 1.24 bits per heavy atom. The zero-order chi connectivity index (χ0) is 24.1. The van der Waals surface area contributed by atoms with Crippen LogP contribution in [0.2, 0.25) is 5.02 Å². The molecule has 34 heavy (non-hydrogen) atoms. The van der Waals surface area contributed by atoms with Crippen molar-refractivity contribution in [2.75, 3.05) is 7.11 Å². The number of H-pyrrole nitrogens is 1. The van der Waals surface area contributed by atoms with Crippen LogP contribution in [0.3, 0.4) is 0 Å². The van der Waals surface area contributed by atoms with E-state index in [-0.39, 0.29) is 17.0 Å². The molecule has 3 heterocycles. The molecule has 0 amide bonds. The summed E-state index contributed by atoms with van der Waals surface area (Å²) in [5, 5.41) is 25.4. The van der Waals surface area contributed by atoms with E-state index in [0.29, 0.717) is 29.8 Å². The lowest BCUT2D eigenvalue weighted by Gasteiger charge is -2.17. The number of aliphatic hydroxyl groups excluding tert-OH is 2. The number of hydrogen-bond donors (Lipinski definition) is 3. The zero-order valence-electron chi connectivity index (χ0n) is 19.1. The predicted octanol–water partition coefficient (Wildman–Crippen LogP) is 4.74. The monoisotopic (exact) mass is 484 g/mol. The van der Waals surface area contributed by atoms with Gasteiger partial charge in [0.2, 0.25) is 0 Å². The molecule has 3 atom stereocenters. The summed E-state index contributed by atoms with van der Waals surface area (Å²) in [6.07, 6.45) is 4.92. The van der Waals surface area contributed by atoms with E-state index in [1.165, 1.54) is 13.2 Å². The number of fused-ring (bicyclic) bond motifs is 1. The molecule has 1 aliphatic rings. The lowest BCUT2D eigenvalue weighted by molar-refractivity contribution is 0.0438. The summed E-state index contributed by atoms with van der Waals surface area (Å²) in [5.41, 5.74) is 4.96. The van der Waals surface area contributed by atoms with Crippen molar-refractivity contribution in [3.8, 4) is 16.9 Å². The summed E-state index contributed by atoms with van der Waals surface area (Å²) >= 11 is 6.35. The van der Waals surface area contributed by atoms with Gasteiger partial charge in [-0.25, -0.2) is 9.37 Å². The number of aromatic nitrogens is 4. The van der Waals surface area contributed by atoms with E-state index in [2.05, 4.69) is 15.1 Å². The molecule has 1 aromatic carbocycles. The van der Waals surface area contributed by atoms with Gasteiger partial charge in [0.15, 0.2) is 0 Å². The molecule has 1 saturated carbocycles. The molecule has 9 heteroatoms. The fourth-order valence-corrected chi connectivity index (χ4v) is 5.38. The number of nitrogens with one attached hydrogen (secondary N) is 1. The van der Waals surface area contributed by atoms with Crippen molar-refractivity contribution in [3.05, 3.63) is 64.5 Å². The summed E-state index contributed by atoms with van der Waals surface area (Å²) in [6.45, 7) is 3.93. The van der Waals surface area contributed by atoms with Crippen LogP contribution in [0, 0.1) is 12.7 Å². The molecule has 1 aliphatic carbocycles. The third kappa shape index (κ3) is 3.66. The molecule has 3 aromatic heterocycles. The highest BCUT2D eigenvalue weighted by Gasteiger charge is 2.34. The Morgan fingerprint density at radius 3 is 2.68 bits per heavy atom. The minimum absolute atomic E-state index is 0.0448. The topological polar surface area (TPSA) is 96.2 Å². The van der Waals surface area contributed by atoms with Crippen LogP contribution < -0.4 is 4.74 Å². The first kappa shape index (κ1) is 22.8. The maximum atomic E-state index is 14.3. The predicted molar refractivity (Wildman–Crippen MR) is 128 cm³/mol. The van der Waals surface area contributed by atoms with E-state index >= 15 is 0 Å². The maximum Gasteiger partial charge on any atom is 0.142 e. The van der Waals surface area contributed by atoms with Crippen molar-refractivity contribution in [1.29, 1.82) is 0 Å². The average Bonchev–Trinajstić information content (AvgIpc) is 3.51. The summed E-state index contributed by atoms with van der Waals surface area (Å²) < 4.78 is 21.6. The van der Waals surface area contributed by atoms with Crippen LogP contribution in [0.15, 0.2) is 36.8 Å². The van der Waals surface area contributed by atoms with Crippen molar-refractivity contribution in [2.45, 2.75) is 50.9 Å². The van der Waals surface area contributed by atoms with Gasteiger partial charge in [0.1, 0.15) is 17.2 Å². The number of aliphatic hydroxyl groups is 2. The molecular formula is C25H26ClFN4O3. The fourth-order valence-electron chi connectivity index (χ4n) is 5.06. The largest absolute Gasteiger partial charge is 0.496 e. The van der Waals surface area contributed by atoms with Crippen LogP contribution in [0.4, 0.5) is 4.39 Å². The Balaban J connectivity index is 1.55. The highest BCUT2D eigenvalue weighted by Crippen LogP contribution is 2.41. The van der Waals surface area contributed by atoms with Crippen molar-refractivity contribution in [1.82, 2.24) is 19.7 Å². The minimum atomic E-state index is -0.731. The second-order valence-electron chi connectivity index (χ2n) is 8.91. The normalized spacial score (nSPS) is 21.3. The van der Waals surface area contributed by atoms with E-state index < -0.39 is 18.0 Å². The van der Waals surface area contributed by atoms with E-state index in [4.69, 9.17) is 16.3 Å². The number of ether oxygens (including phenoxy) is 1. The van der Waals surface area contributed by atoms with Gasteiger partial charge >= 0.3 is 0 Å². The second-order valence-corrected chi connectivity index (χ2v) is 9.29. The van der Waals surface area contributed by atoms with Gasteiger partial charge in [-0.15, -0.1) is 0 Å². The van der Waals surface area contributed by atoms with Gasteiger partial charge in [0, 0.05) is 46.1 Å². The molecule has 0 saturated heterocycles. The number of benzene rings is 1. The number of halogens is 2. The molecule has 178 valence electrons. The van der Waals surface area contributed by atoms with Crippen LogP contribution in [0.5, 0.6) is 5.75 Å². The quantitative estimate of drug-likeness (QED) is 0.380. The van der Waals surface area contributed by atoms with Crippen LogP contribution >= 0.6 is 11.6 Å². The van der Waals surface area contributed by atoms with Crippen LogP contribution in [0.1, 0.15) is 48.5 Å². The summed E-state index contributed by atoms with van der Waals surface area (Å²) in [5.74, 6) is -0.224. The SMILES string of the molecule is COc1ccc(F)c(Cl)c1C(C)c1c[nH]c2ncc(-c3cnn(C4CC(O)C(O)C4)c3C)cc12. The molecule has 3 N–H and O–H groups in total. The van der Waals surface area contributed by atoms with Gasteiger partial charge in [-0.3, -0.25) is 4.68 Å². The number of pyridine rings is 1. The van der Waals surface area contributed by atoms with Gasteiger partial charge in [-0.05, 0) is 43.5 Å². The Bertz CT molecular complexity index is 1360. The average molecular weight is 485 g/mol. The Hall–Kier alpha value is -2.94. The lowest BCUT2D eigenvalue weighted by Crippen LogP contribution is -2.17. The molecule has 0 radical (unpaired) electrons. The van der Waals surface area contributed by atoms with Crippen molar-refractivity contribution >= 4 is 22.6 Å². The summed E-state index contributed by atoms with van der Waals surface area (Å²) in [4.78, 5) is 7.80. The Labute approximate surface area is 201 Å². The Morgan fingerprint density at radius 2 is 1.97 bits per heavy atom. The first-order valence-electron chi connectivity index (χ1n) is 11.2. The molecule has 0 aliphatic heterocycles. The van der Waals surface area contributed by atoms with Crippen LogP contribution in [-0.2, 0) is 0 Å². The van der Waals surface area contributed by atoms with Gasteiger partial charge in [0.05, 0.1) is 36.6 Å². The molecule has 5 rings (SSSR count). The minimum Gasteiger partial charge on any atom is -0.496 e. The first-order valence-corrected chi connectivity index (χ1v) is 11.6. The van der Waals surface area contributed by atoms with Crippen LogP contribution in [0.25, 0.3) is 22.2 Å². The molecule has 1 fully saturated rings. The van der Waals surface area contributed by atoms with Crippen molar-refractivity contribution < 1.29 is 19.3 Å². The van der Waals surface area contributed by atoms with Gasteiger partial charge < -0.3 is 19.9 Å². The zero-order valence-corrected chi connectivity index (χ0v) is 19.8. The molecule has 4 aromatic rings. The van der Waals surface area contributed by atoms with Gasteiger partial charge in [0.25, 0.3) is 0 Å². The van der Waals surface area contributed by atoms with Crippen molar-refractivity contribution in [3.63, 3.8) is 0 Å². The number of aromatic amines is 1. The molecule has 0 bridgehead atoms. The third-order valence-electron chi connectivity index (χ3n) is 6.95. The maximum absolute atomic E-state index is 14.3. The number of hydrogen-bond acceptors (Lipinski definition) is 5. The second kappa shape index (κ2) is 8.69. The highest BCUT2D eigenvalue weighted by atomic mass is 35.5. The van der Waals surface area contributed by atoms with E-state index in [9.17, 15) is 14.6 Å². The molecule has 0 spiro atoms. The lowest BCUT2D eigenvalue weighted by atomic mass is 9.91. The third-order valence-corrected chi connectivity index (χ3v) is 7.33. The molecule has 3 unspecified atom stereocenters. The Kier molecular flexibility index (Phi) is 5.83.